The predicted molar refractivity (Wildman–Crippen MR) is 88.9 cm³/mol. The molecule has 0 saturated heterocycles. The zero-order valence-electron chi connectivity index (χ0n) is 13.0. The Labute approximate surface area is 146 Å². The Morgan fingerprint density at radius 2 is 2.04 bits per heavy atom. The van der Waals surface area contributed by atoms with Crippen molar-refractivity contribution in [3.63, 3.8) is 0 Å². The zero-order valence-corrected chi connectivity index (χ0v) is 14.6. The van der Waals surface area contributed by atoms with Crippen LogP contribution >= 0.6 is 15.9 Å². The Kier molecular flexibility index (Phi) is 4.70. The van der Waals surface area contributed by atoms with Gasteiger partial charge in [-0.2, -0.15) is 10.1 Å². The minimum absolute atomic E-state index is 0.0624. The molecular weight excluding hydrogens is 376 g/mol. The second kappa shape index (κ2) is 6.91. The SMILES string of the molecule is CC(C)[C@@H](NC(=O)c1ccc(Br)cc1)c1nc(-c2ncn[nH]2)no1. The Morgan fingerprint density at radius 1 is 1.29 bits per heavy atom. The summed E-state index contributed by atoms with van der Waals surface area (Å²) in [5, 5.41) is 13.2. The Balaban J connectivity index is 1.80. The van der Waals surface area contributed by atoms with Crippen molar-refractivity contribution >= 4 is 21.8 Å². The number of carbonyl (C=O) groups is 1. The summed E-state index contributed by atoms with van der Waals surface area (Å²) in [6.45, 7) is 3.93. The predicted octanol–water partition coefficient (Wildman–Crippen LogP) is 2.74. The highest BCUT2D eigenvalue weighted by molar-refractivity contribution is 9.10. The molecule has 0 aliphatic carbocycles. The van der Waals surface area contributed by atoms with Crippen molar-refractivity contribution in [3.05, 3.63) is 46.5 Å². The number of hydrogen-bond donors (Lipinski definition) is 2. The van der Waals surface area contributed by atoms with Gasteiger partial charge in [0.2, 0.25) is 11.7 Å². The van der Waals surface area contributed by atoms with Crippen LogP contribution in [0.25, 0.3) is 11.6 Å². The number of nitrogens with one attached hydrogen (secondary N) is 2. The molecule has 24 heavy (non-hydrogen) atoms. The van der Waals surface area contributed by atoms with E-state index in [9.17, 15) is 4.79 Å². The number of rotatable bonds is 5. The minimum atomic E-state index is -0.412. The molecule has 1 atom stereocenters. The average Bonchev–Trinajstić information content (AvgIpc) is 3.23. The molecule has 0 aliphatic heterocycles. The van der Waals surface area contributed by atoms with Gasteiger partial charge in [0.1, 0.15) is 12.4 Å². The summed E-state index contributed by atoms with van der Waals surface area (Å²) in [6, 6.07) is 6.70. The van der Waals surface area contributed by atoms with Crippen molar-refractivity contribution < 1.29 is 9.32 Å². The van der Waals surface area contributed by atoms with E-state index < -0.39 is 6.04 Å². The van der Waals surface area contributed by atoms with Gasteiger partial charge < -0.3 is 9.84 Å². The molecule has 0 spiro atoms. The van der Waals surface area contributed by atoms with Crippen molar-refractivity contribution in [1.29, 1.82) is 0 Å². The number of hydrogen-bond acceptors (Lipinski definition) is 6. The van der Waals surface area contributed by atoms with E-state index in [-0.39, 0.29) is 11.8 Å². The van der Waals surface area contributed by atoms with Gasteiger partial charge in [0.15, 0.2) is 5.82 Å². The molecule has 2 heterocycles. The molecule has 1 aromatic carbocycles. The summed E-state index contributed by atoms with van der Waals surface area (Å²) >= 11 is 3.35. The Bertz CT molecular complexity index is 813. The lowest BCUT2D eigenvalue weighted by Crippen LogP contribution is -2.32. The monoisotopic (exact) mass is 390 g/mol. The van der Waals surface area contributed by atoms with Crippen molar-refractivity contribution in [1.82, 2.24) is 30.6 Å². The van der Waals surface area contributed by atoms with Crippen molar-refractivity contribution in [2.24, 2.45) is 5.92 Å². The maximum absolute atomic E-state index is 12.4. The second-order valence-corrected chi connectivity index (χ2v) is 6.41. The van der Waals surface area contributed by atoms with E-state index in [1.54, 1.807) is 12.1 Å². The first-order valence-corrected chi connectivity index (χ1v) is 8.09. The van der Waals surface area contributed by atoms with Gasteiger partial charge in [0, 0.05) is 10.0 Å². The fraction of sp³-hybridized carbons (Fsp3) is 0.267. The highest BCUT2D eigenvalue weighted by Gasteiger charge is 2.25. The van der Waals surface area contributed by atoms with E-state index in [4.69, 9.17) is 4.52 Å². The third-order valence-corrected chi connectivity index (χ3v) is 3.92. The molecule has 124 valence electrons. The van der Waals surface area contributed by atoms with Crippen LogP contribution in [0.15, 0.2) is 39.6 Å². The number of benzene rings is 1. The average molecular weight is 391 g/mol. The number of carbonyl (C=O) groups excluding carboxylic acids is 1. The molecule has 0 saturated carbocycles. The number of amides is 1. The van der Waals surface area contributed by atoms with Crippen LogP contribution in [0, 0.1) is 5.92 Å². The summed E-state index contributed by atoms with van der Waals surface area (Å²) in [4.78, 5) is 20.7. The molecule has 0 bridgehead atoms. The second-order valence-electron chi connectivity index (χ2n) is 5.49. The lowest BCUT2D eigenvalue weighted by Gasteiger charge is -2.18. The van der Waals surface area contributed by atoms with Gasteiger partial charge >= 0.3 is 0 Å². The van der Waals surface area contributed by atoms with E-state index in [1.165, 1.54) is 6.33 Å². The summed E-state index contributed by atoms with van der Waals surface area (Å²) in [5.41, 5.74) is 0.554. The first-order valence-electron chi connectivity index (χ1n) is 7.30. The van der Waals surface area contributed by atoms with Gasteiger partial charge in [-0.1, -0.05) is 34.9 Å². The molecule has 3 rings (SSSR count). The van der Waals surface area contributed by atoms with Gasteiger partial charge in [-0.25, -0.2) is 4.98 Å². The quantitative estimate of drug-likeness (QED) is 0.692. The van der Waals surface area contributed by atoms with Crippen LogP contribution < -0.4 is 5.32 Å². The van der Waals surface area contributed by atoms with E-state index in [1.807, 2.05) is 26.0 Å². The molecule has 3 aromatic rings. The first kappa shape index (κ1) is 16.3. The zero-order chi connectivity index (χ0) is 17.1. The van der Waals surface area contributed by atoms with E-state index in [0.29, 0.717) is 23.1 Å². The molecule has 0 fully saturated rings. The van der Waals surface area contributed by atoms with Gasteiger partial charge in [-0.3, -0.25) is 9.89 Å². The highest BCUT2D eigenvalue weighted by Crippen LogP contribution is 2.23. The molecule has 0 unspecified atom stereocenters. The van der Waals surface area contributed by atoms with Crippen LogP contribution in [0.2, 0.25) is 0 Å². The molecule has 0 radical (unpaired) electrons. The van der Waals surface area contributed by atoms with Crippen LogP contribution in [-0.4, -0.2) is 31.2 Å². The molecule has 2 aromatic heterocycles. The molecule has 8 nitrogen and oxygen atoms in total. The number of aromatic nitrogens is 5. The number of nitrogens with zero attached hydrogens (tertiary/aromatic N) is 4. The Morgan fingerprint density at radius 3 is 2.67 bits per heavy atom. The lowest BCUT2D eigenvalue weighted by molar-refractivity contribution is 0.0914. The third-order valence-electron chi connectivity index (χ3n) is 3.39. The van der Waals surface area contributed by atoms with Crippen LogP contribution in [-0.2, 0) is 0 Å². The van der Waals surface area contributed by atoms with Crippen molar-refractivity contribution in [3.8, 4) is 11.6 Å². The van der Waals surface area contributed by atoms with E-state index >= 15 is 0 Å². The first-order chi connectivity index (χ1) is 11.5. The number of aromatic amines is 1. The van der Waals surface area contributed by atoms with Gasteiger partial charge in [0.05, 0.1) is 0 Å². The molecule has 0 aliphatic rings. The van der Waals surface area contributed by atoms with Crippen LogP contribution in [0.1, 0.15) is 36.1 Å². The van der Waals surface area contributed by atoms with Crippen molar-refractivity contribution in [2.45, 2.75) is 19.9 Å². The van der Waals surface area contributed by atoms with Crippen molar-refractivity contribution in [2.75, 3.05) is 0 Å². The largest absolute Gasteiger partial charge is 0.340 e. The van der Waals surface area contributed by atoms with Gasteiger partial charge in [-0.05, 0) is 30.2 Å². The molecule has 1 amide bonds. The third kappa shape index (κ3) is 3.51. The normalized spacial score (nSPS) is 12.3. The van der Waals surface area contributed by atoms with Crippen LogP contribution in [0.4, 0.5) is 0 Å². The molecular formula is C15H15BrN6O2. The smallest absolute Gasteiger partial charge is 0.251 e. The fourth-order valence-electron chi connectivity index (χ4n) is 2.11. The van der Waals surface area contributed by atoms with Gasteiger partial charge in [0.25, 0.3) is 5.91 Å². The maximum Gasteiger partial charge on any atom is 0.251 e. The highest BCUT2D eigenvalue weighted by atomic mass is 79.9. The summed E-state index contributed by atoms with van der Waals surface area (Å²) in [5.74, 6) is 0.882. The van der Waals surface area contributed by atoms with E-state index in [0.717, 1.165) is 4.47 Å². The van der Waals surface area contributed by atoms with Crippen LogP contribution in [0.5, 0.6) is 0 Å². The summed E-state index contributed by atoms with van der Waals surface area (Å²) in [7, 11) is 0. The van der Waals surface area contributed by atoms with Crippen LogP contribution in [0.3, 0.4) is 0 Å². The van der Waals surface area contributed by atoms with Gasteiger partial charge in [-0.15, -0.1) is 0 Å². The maximum atomic E-state index is 12.4. The fourth-order valence-corrected chi connectivity index (χ4v) is 2.37. The minimum Gasteiger partial charge on any atom is -0.340 e. The van der Waals surface area contributed by atoms with E-state index in [2.05, 4.69) is 46.6 Å². The summed E-state index contributed by atoms with van der Waals surface area (Å²) in [6.07, 6.45) is 1.36. The standard InChI is InChI=1S/C15H15BrN6O2/c1-8(2)11(19-14(23)9-3-5-10(16)6-4-9)15-20-13(22-24-15)12-17-7-18-21-12/h3-8,11H,1-2H3,(H,19,23)(H,17,18,21)/t11-/m1/s1. The number of H-pyrrole nitrogens is 1. The number of halogens is 1. The molecule has 9 heteroatoms. The topological polar surface area (TPSA) is 110 Å². The lowest BCUT2D eigenvalue weighted by atomic mass is 10.0. The Hall–Kier alpha value is -2.55. The molecule has 2 N–H and O–H groups in total. The summed E-state index contributed by atoms with van der Waals surface area (Å²) < 4.78 is 6.21.